The van der Waals surface area contributed by atoms with Gasteiger partial charge in [0.05, 0.1) is 12.1 Å². The number of carbonyl (C=O) groups is 1. The van der Waals surface area contributed by atoms with Crippen molar-refractivity contribution in [1.82, 2.24) is 20.4 Å². The smallest absolute Gasteiger partial charge is 0.239 e. The lowest BCUT2D eigenvalue weighted by molar-refractivity contribution is -0.115. The fraction of sp³-hybridized carbons (Fsp3) is 0.429. The van der Waals surface area contributed by atoms with Crippen LogP contribution >= 0.6 is 11.6 Å². The van der Waals surface area contributed by atoms with Crippen molar-refractivity contribution < 1.29 is 4.79 Å². The molecule has 0 unspecified atom stereocenters. The third-order valence-electron chi connectivity index (χ3n) is 3.03. The van der Waals surface area contributed by atoms with E-state index >= 15 is 0 Å². The third-order valence-corrected chi connectivity index (χ3v) is 3.26. The zero-order chi connectivity index (χ0) is 15.2. The molecule has 2 aromatic rings. The highest BCUT2D eigenvalue weighted by Crippen LogP contribution is 2.23. The van der Waals surface area contributed by atoms with Crippen LogP contribution in [0.1, 0.15) is 6.42 Å². The topological polar surface area (TPSA) is 73.1 Å². The molecule has 1 amide bonds. The van der Waals surface area contributed by atoms with Crippen LogP contribution in [0.4, 0.5) is 5.82 Å². The highest BCUT2D eigenvalue weighted by Gasteiger charge is 2.09. The number of H-pyrrole nitrogens is 1. The molecule has 21 heavy (non-hydrogen) atoms. The molecule has 3 N–H and O–H groups in total. The van der Waals surface area contributed by atoms with Crippen LogP contribution in [0.15, 0.2) is 18.2 Å². The van der Waals surface area contributed by atoms with E-state index in [2.05, 4.69) is 25.7 Å². The Bertz CT molecular complexity index is 610. The van der Waals surface area contributed by atoms with Gasteiger partial charge in [0.15, 0.2) is 5.82 Å². The number of aromatic nitrogens is 2. The number of carbonyl (C=O) groups excluding carboxylic acids is 1. The summed E-state index contributed by atoms with van der Waals surface area (Å²) in [6, 6.07) is 5.38. The van der Waals surface area contributed by atoms with Gasteiger partial charge in [0.25, 0.3) is 0 Å². The summed E-state index contributed by atoms with van der Waals surface area (Å²) < 4.78 is 0. The highest BCUT2D eigenvalue weighted by molar-refractivity contribution is 6.31. The number of anilines is 1. The maximum Gasteiger partial charge on any atom is 0.239 e. The first-order valence-corrected chi connectivity index (χ1v) is 7.23. The monoisotopic (exact) mass is 309 g/mol. The normalized spacial score (nSPS) is 11.2. The first-order valence-electron chi connectivity index (χ1n) is 6.85. The van der Waals surface area contributed by atoms with Crippen LogP contribution in [-0.4, -0.2) is 54.7 Å². The van der Waals surface area contributed by atoms with E-state index in [4.69, 9.17) is 11.6 Å². The fourth-order valence-electron chi connectivity index (χ4n) is 1.99. The van der Waals surface area contributed by atoms with Gasteiger partial charge in [-0.1, -0.05) is 11.6 Å². The molecule has 0 saturated heterocycles. The first-order chi connectivity index (χ1) is 10.1. The van der Waals surface area contributed by atoms with Crippen LogP contribution in [-0.2, 0) is 4.79 Å². The molecule has 1 aromatic heterocycles. The van der Waals surface area contributed by atoms with Gasteiger partial charge in [-0.15, -0.1) is 0 Å². The van der Waals surface area contributed by atoms with E-state index in [1.807, 2.05) is 20.2 Å². The van der Waals surface area contributed by atoms with E-state index in [1.165, 1.54) is 0 Å². The summed E-state index contributed by atoms with van der Waals surface area (Å²) in [6.07, 6.45) is 1.00. The van der Waals surface area contributed by atoms with Crippen LogP contribution in [0.5, 0.6) is 0 Å². The summed E-state index contributed by atoms with van der Waals surface area (Å²) in [6.45, 7) is 2.08. The van der Waals surface area contributed by atoms with Crippen molar-refractivity contribution in [3.05, 3.63) is 23.2 Å². The molecular formula is C14H20ClN5O. The summed E-state index contributed by atoms with van der Waals surface area (Å²) in [4.78, 5) is 14.0. The van der Waals surface area contributed by atoms with Crippen molar-refractivity contribution in [2.45, 2.75) is 6.42 Å². The molecule has 0 bridgehead atoms. The quantitative estimate of drug-likeness (QED) is 0.681. The molecule has 0 spiro atoms. The Labute approximate surface area is 128 Å². The summed E-state index contributed by atoms with van der Waals surface area (Å²) in [5.74, 6) is 0.421. The summed E-state index contributed by atoms with van der Waals surface area (Å²) >= 11 is 5.91. The number of benzene rings is 1. The summed E-state index contributed by atoms with van der Waals surface area (Å²) in [5, 5.41) is 14.3. The SMILES string of the molecule is CN(C)CCCNCC(=O)Nc1n[nH]c2cc(Cl)ccc12. The van der Waals surface area contributed by atoms with Gasteiger partial charge in [0, 0.05) is 10.4 Å². The second-order valence-electron chi connectivity index (χ2n) is 5.14. The van der Waals surface area contributed by atoms with Gasteiger partial charge in [0.1, 0.15) is 0 Å². The molecule has 7 heteroatoms. The fourth-order valence-corrected chi connectivity index (χ4v) is 2.16. The number of fused-ring (bicyclic) bond motifs is 1. The van der Waals surface area contributed by atoms with Gasteiger partial charge in [-0.2, -0.15) is 5.10 Å². The Morgan fingerprint density at radius 2 is 2.24 bits per heavy atom. The Morgan fingerprint density at radius 1 is 1.43 bits per heavy atom. The van der Waals surface area contributed by atoms with Gasteiger partial charge in [-0.05, 0) is 51.8 Å². The molecule has 114 valence electrons. The van der Waals surface area contributed by atoms with Crippen molar-refractivity contribution in [1.29, 1.82) is 0 Å². The molecule has 2 rings (SSSR count). The Hall–Kier alpha value is -1.63. The Kier molecular flexibility index (Phi) is 5.55. The maximum atomic E-state index is 11.9. The number of aromatic amines is 1. The number of amides is 1. The van der Waals surface area contributed by atoms with Crippen molar-refractivity contribution in [3.63, 3.8) is 0 Å². The summed E-state index contributed by atoms with van der Waals surface area (Å²) in [7, 11) is 4.06. The average molecular weight is 310 g/mol. The van der Waals surface area contributed by atoms with Crippen LogP contribution < -0.4 is 10.6 Å². The number of hydrogen-bond donors (Lipinski definition) is 3. The second-order valence-corrected chi connectivity index (χ2v) is 5.58. The Balaban J connectivity index is 1.81. The van der Waals surface area contributed by atoms with E-state index in [1.54, 1.807) is 12.1 Å². The number of hydrogen-bond acceptors (Lipinski definition) is 4. The molecule has 0 saturated carbocycles. The van der Waals surface area contributed by atoms with Gasteiger partial charge >= 0.3 is 0 Å². The standard InChI is InChI=1S/C14H20ClN5O/c1-20(2)7-3-6-16-9-13(21)17-14-11-5-4-10(15)8-12(11)18-19-14/h4-5,8,16H,3,6-7,9H2,1-2H3,(H2,17,18,19,21). The van der Waals surface area contributed by atoms with Crippen LogP contribution in [0, 0.1) is 0 Å². The molecule has 0 aliphatic heterocycles. The van der Waals surface area contributed by atoms with Crippen molar-refractivity contribution in [2.24, 2.45) is 0 Å². The van der Waals surface area contributed by atoms with Crippen molar-refractivity contribution >= 4 is 34.2 Å². The molecule has 0 aliphatic carbocycles. The summed E-state index contributed by atoms with van der Waals surface area (Å²) in [5.41, 5.74) is 0.803. The van der Waals surface area contributed by atoms with Crippen molar-refractivity contribution in [3.8, 4) is 0 Å². The number of nitrogens with one attached hydrogen (secondary N) is 3. The Morgan fingerprint density at radius 3 is 3.00 bits per heavy atom. The van der Waals surface area contributed by atoms with Crippen LogP contribution in [0.25, 0.3) is 10.9 Å². The van der Waals surface area contributed by atoms with Gasteiger partial charge in [0.2, 0.25) is 5.91 Å². The van der Waals surface area contributed by atoms with E-state index < -0.39 is 0 Å². The maximum absolute atomic E-state index is 11.9. The molecule has 6 nitrogen and oxygen atoms in total. The molecule has 0 radical (unpaired) electrons. The minimum Gasteiger partial charge on any atom is -0.309 e. The van der Waals surface area contributed by atoms with Crippen LogP contribution in [0.2, 0.25) is 5.02 Å². The van der Waals surface area contributed by atoms with E-state index in [-0.39, 0.29) is 12.5 Å². The van der Waals surface area contributed by atoms with Gasteiger partial charge < -0.3 is 15.5 Å². The first kappa shape index (κ1) is 15.8. The minimum absolute atomic E-state index is 0.108. The van der Waals surface area contributed by atoms with E-state index in [9.17, 15) is 4.79 Å². The zero-order valence-electron chi connectivity index (χ0n) is 12.2. The number of rotatable bonds is 7. The average Bonchev–Trinajstić information content (AvgIpc) is 2.80. The lowest BCUT2D eigenvalue weighted by Crippen LogP contribution is -2.30. The van der Waals surface area contributed by atoms with E-state index in [0.717, 1.165) is 30.4 Å². The predicted molar refractivity (Wildman–Crippen MR) is 85.8 cm³/mol. The highest BCUT2D eigenvalue weighted by atomic mass is 35.5. The largest absolute Gasteiger partial charge is 0.309 e. The molecule has 0 fully saturated rings. The number of nitrogens with zero attached hydrogens (tertiary/aromatic N) is 2. The molecule has 0 atom stereocenters. The second kappa shape index (κ2) is 7.40. The molecule has 0 aliphatic rings. The van der Waals surface area contributed by atoms with Crippen LogP contribution in [0.3, 0.4) is 0 Å². The molecule has 1 heterocycles. The van der Waals surface area contributed by atoms with Gasteiger partial charge in [-0.25, -0.2) is 0 Å². The molecular weight excluding hydrogens is 290 g/mol. The minimum atomic E-state index is -0.108. The number of halogens is 1. The molecule has 1 aromatic carbocycles. The zero-order valence-corrected chi connectivity index (χ0v) is 13.0. The predicted octanol–water partition coefficient (Wildman–Crippen LogP) is 1.70. The lowest BCUT2D eigenvalue weighted by Gasteiger charge is -2.09. The van der Waals surface area contributed by atoms with Crippen molar-refractivity contribution in [2.75, 3.05) is 39.0 Å². The third kappa shape index (κ3) is 4.70. The lowest BCUT2D eigenvalue weighted by atomic mass is 10.2. The van der Waals surface area contributed by atoms with E-state index in [0.29, 0.717) is 10.8 Å². The van der Waals surface area contributed by atoms with Gasteiger partial charge in [-0.3, -0.25) is 9.89 Å².